The van der Waals surface area contributed by atoms with Gasteiger partial charge in [0.2, 0.25) is 11.8 Å². The number of carboxylic acid groups (broad SMARTS) is 1. The number of thioether (sulfide) groups is 1. The first-order valence-electron chi connectivity index (χ1n) is 7.49. The van der Waals surface area contributed by atoms with Gasteiger partial charge in [0, 0.05) is 32.2 Å². The van der Waals surface area contributed by atoms with Crippen LogP contribution in [0.4, 0.5) is 0 Å². The second-order valence-corrected chi connectivity index (χ2v) is 6.22. The molecule has 0 aliphatic heterocycles. The molecule has 9 heteroatoms. The zero-order chi connectivity index (χ0) is 17.7. The van der Waals surface area contributed by atoms with Gasteiger partial charge in [0.05, 0.1) is 6.42 Å². The number of hydrogen-bond donors (Lipinski definition) is 4. The van der Waals surface area contributed by atoms with Gasteiger partial charge in [-0.15, -0.1) is 0 Å². The summed E-state index contributed by atoms with van der Waals surface area (Å²) in [5.74, 6) is -1.36. The third-order valence-electron chi connectivity index (χ3n) is 2.83. The van der Waals surface area contributed by atoms with Crippen LogP contribution in [0, 0.1) is 0 Å². The van der Waals surface area contributed by atoms with Crippen molar-refractivity contribution in [1.29, 1.82) is 0 Å². The maximum Gasteiger partial charge on any atom is 0.305 e. The lowest BCUT2D eigenvalue weighted by Gasteiger charge is -2.16. The van der Waals surface area contributed by atoms with Gasteiger partial charge in [-0.3, -0.25) is 19.2 Å². The molecular formula is C14H25N3O5S. The summed E-state index contributed by atoms with van der Waals surface area (Å²) in [4.78, 5) is 45.1. The van der Waals surface area contributed by atoms with E-state index in [2.05, 4.69) is 10.6 Å². The molecule has 0 unspecified atom stereocenters. The van der Waals surface area contributed by atoms with Gasteiger partial charge in [-0.25, -0.2) is 0 Å². The van der Waals surface area contributed by atoms with Crippen molar-refractivity contribution in [3.8, 4) is 0 Å². The van der Waals surface area contributed by atoms with E-state index in [1.165, 1.54) is 18.7 Å². The van der Waals surface area contributed by atoms with Crippen LogP contribution in [-0.2, 0) is 19.2 Å². The average molecular weight is 347 g/mol. The highest BCUT2D eigenvalue weighted by Crippen LogP contribution is 2.08. The van der Waals surface area contributed by atoms with Crippen LogP contribution < -0.4 is 16.4 Å². The number of aliphatic carboxylic acids is 1. The van der Waals surface area contributed by atoms with Crippen LogP contribution >= 0.6 is 11.8 Å². The summed E-state index contributed by atoms with van der Waals surface area (Å²) in [5, 5.41) is 13.8. The molecule has 1 atom stereocenters. The molecule has 0 aliphatic rings. The monoisotopic (exact) mass is 347 g/mol. The Bertz CT molecular complexity index is 417. The summed E-state index contributed by atoms with van der Waals surface area (Å²) in [5.41, 5.74) is 5.26. The molecule has 0 rings (SSSR count). The van der Waals surface area contributed by atoms with E-state index < -0.39 is 24.3 Å². The number of nitrogens with two attached hydrogens (primary N) is 1. The van der Waals surface area contributed by atoms with Gasteiger partial charge >= 0.3 is 5.97 Å². The summed E-state index contributed by atoms with van der Waals surface area (Å²) in [6, 6.07) is -1.10. The molecule has 23 heavy (non-hydrogen) atoms. The lowest BCUT2D eigenvalue weighted by molar-refractivity contribution is -0.140. The van der Waals surface area contributed by atoms with Crippen LogP contribution in [0.3, 0.4) is 0 Å². The van der Waals surface area contributed by atoms with Crippen LogP contribution in [0.5, 0.6) is 0 Å². The van der Waals surface area contributed by atoms with E-state index in [-0.39, 0.29) is 30.5 Å². The molecule has 0 saturated carbocycles. The first-order chi connectivity index (χ1) is 10.9. The SMILES string of the molecule is CC(=O)SCCCCCC(=O)N[C@@H](CC(=O)O)C(=O)NCCN. The van der Waals surface area contributed by atoms with E-state index in [1.54, 1.807) is 0 Å². The molecule has 0 aromatic heterocycles. The number of carbonyl (C=O) groups is 4. The molecular weight excluding hydrogens is 322 g/mol. The zero-order valence-electron chi connectivity index (χ0n) is 13.3. The standard InChI is InChI=1S/C14H25N3O5S/c1-10(18)23-8-4-2-3-5-12(19)17-11(9-13(20)21)14(22)16-7-6-15/h11H,2-9,15H2,1H3,(H,16,22)(H,17,19)(H,20,21)/t11-/m0/s1. The minimum Gasteiger partial charge on any atom is -0.481 e. The average Bonchev–Trinajstić information content (AvgIpc) is 2.46. The summed E-state index contributed by atoms with van der Waals surface area (Å²) < 4.78 is 0. The fourth-order valence-corrected chi connectivity index (χ4v) is 2.39. The van der Waals surface area contributed by atoms with Crippen molar-refractivity contribution >= 4 is 34.7 Å². The van der Waals surface area contributed by atoms with Gasteiger partial charge in [-0.2, -0.15) is 0 Å². The number of rotatable bonds is 12. The molecule has 0 aromatic rings. The lowest BCUT2D eigenvalue weighted by atomic mass is 10.1. The molecule has 0 spiro atoms. The lowest BCUT2D eigenvalue weighted by Crippen LogP contribution is -2.48. The van der Waals surface area contributed by atoms with E-state index in [0.29, 0.717) is 6.42 Å². The minimum absolute atomic E-state index is 0.0720. The fourth-order valence-electron chi connectivity index (χ4n) is 1.75. The second kappa shape index (κ2) is 12.9. The van der Waals surface area contributed by atoms with E-state index in [9.17, 15) is 19.2 Å². The molecule has 2 amide bonds. The van der Waals surface area contributed by atoms with Crippen molar-refractivity contribution in [2.75, 3.05) is 18.8 Å². The predicted molar refractivity (Wildman–Crippen MR) is 87.9 cm³/mol. The Kier molecular flexibility index (Phi) is 12.0. The van der Waals surface area contributed by atoms with Crippen molar-refractivity contribution in [2.45, 2.75) is 45.1 Å². The molecule has 0 fully saturated rings. The summed E-state index contributed by atoms with van der Waals surface area (Å²) in [7, 11) is 0. The molecule has 0 saturated heterocycles. The van der Waals surface area contributed by atoms with Crippen molar-refractivity contribution in [2.24, 2.45) is 5.73 Å². The molecule has 5 N–H and O–H groups in total. The van der Waals surface area contributed by atoms with Gasteiger partial charge < -0.3 is 21.5 Å². The molecule has 0 bridgehead atoms. The quantitative estimate of drug-likeness (QED) is 0.360. The number of nitrogens with one attached hydrogen (secondary N) is 2. The van der Waals surface area contributed by atoms with Crippen molar-refractivity contribution in [3.05, 3.63) is 0 Å². The van der Waals surface area contributed by atoms with E-state index in [4.69, 9.17) is 10.8 Å². The third kappa shape index (κ3) is 12.6. The van der Waals surface area contributed by atoms with Gasteiger partial charge in [0.1, 0.15) is 6.04 Å². The van der Waals surface area contributed by atoms with Gasteiger partial charge in [0.15, 0.2) is 5.12 Å². The Morgan fingerprint density at radius 3 is 2.43 bits per heavy atom. The highest BCUT2D eigenvalue weighted by atomic mass is 32.2. The van der Waals surface area contributed by atoms with E-state index >= 15 is 0 Å². The second-order valence-electron chi connectivity index (χ2n) is 4.95. The number of unbranched alkanes of at least 4 members (excludes halogenated alkanes) is 2. The number of amides is 2. The number of carboxylic acids is 1. The number of carbonyl (C=O) groups excluding carboxylic acids is 3. The Morgan fingerprint density at radius 1 is 1.17 bits per heavy atom. The summed E-state index contributed by atoms with van der Waals surface area (Å²) in [6.45, 7) is 1.97. The largest absolute Gasteiger partial charge is 0.481 e. The van der Waals surface area contributed by atoms with Crippen molar-refractivity contribution < 1.29 is 24.3 Å². The normalized spacial score (nSPS) is 11.6. The Labute approximate surface area is 139 Å². The van der Waals surface area contributed by atoms with Gasteiger partial charge in [0.25, 0.3) is 0 Å². The zero-order valence-corrected chi connectivity index (χ0v) is 14.1. The summed E-state index contributed by atoms with van der Waals surface area (Å²) in [6.07, 6.45) is 1.97. The first kappa shape index (κ1) is 21.4. The summed E-state index contributed by atoms with van der Waals surface area (Å²) >= 11 is 1.25. The highest BCUT2D eigenvalue weighted by molar-refractivity contribution is 8.13. The molecule has 0 aromatic carbocycles. The van der Waals surface area contributed by atoms with E-state index in [1.807, 2.05) is 0 Å². The maximum absolute atomic E-state index is 11.8. The van der Waals surface area contributed by atoms with Crippen molar-refractivity contribution in [3.63, 3.8) is 0 Å². The highest BCUT2D eigenvalue weighted by Gasteiger charge is 2.23. The topological polar surface area (TPSA) is 139 Å². The predicted octanol–water partition coefficient (Wildman–Crippen LogP) is -0.139. The maximum atomic E-state index is 11.8. The van der Waals surface area contributed by atoms with Crippen LogP contribution in [0.1, 0.15) is 39.0 Å². The smallest absolute Gasteiger partial charge is 0.305 e. The van der Waals surface area contributed by atoms with Gasteiger partial charge in [-0.05, 0) is 12.8 Å². The molecule has 0 heterocycles. The Hall–Kier alpha value is -1.61. The van der Waals surface area contributed by atoms with Crippen LogP contribution in [0.15, 0.2) is 0 Å². The minimum atomic E-state index is -1.17. The molecule has 0 aliphatic carbocycles. The van der Waals surface area contributed by atoms with Gasteiger partial charge in [-0.1, -0.05) is 18.2 Å². The molecule has 0 radical (unpaired) electrons. The Morgan fingerprint density at radius 2 is 1.87 bits per heavy atom. The first-order valence-corrected chi connectivity index (χ1v) is 8.47. The molecule has 8 nitrogen and oxygen atoms in total. The fraction of sp³-hybridized carbons (Fsp3) is 0.714. The number of hydrogen-bond acceptors (Lipinski definition) is 6. The third-order valence-corrected chi connectivity index (χ3v) is 3.73. The van der Waals surface area contributed by atoms with Crippen molar-refractivity contribution in [1.82, 2.24) is 10.6 Å². The Balaban J connectivity index is 4.09. The molecule has 132 valence electrons. The van der Waals surface area contributed by atoms with E-state index in [0.717, 1.165) is 18.6 Å². The van der Waals surface area contributed by atoms with Crippen LogP contribution in [0.2, 0.25) is 0 Å². The van der Waals surface area contributed by atoms with Crippen LogP contribution in [-0.4, -0.2) is 52.9 Å². The van der Waals surface area contributed by atoms with Crippen LogP contribution in [0.25, 0.3) is 0 Å².